The summed E-state index contributed by atoms with van der Waals surface area (Å²) in [6.45, 7) is 6.54. The number of aryl methyl sites for hydroxylation is 1. The van der Waals surface area contributed by atoms with Crippen molar-refractivity contribution in [1.82, 2.24) is 0 Å². The van der Waals surface area contributed by atoms with Crippen molar-refractivity contribution in [3.63, 3.8) is 0 Å². The van der Waals surface area contributed by atoms with Gasteiger partial charge in [0.25, 0.3) is 0 Å². The number of hydrogen-bond acceptors (Lipinski definition) is 4. The zero-order valence-corrected chi connectivity index (χ0v) is 11.4. The Morgan fingerprint density at radius 1 is 1.18 bits per heavy atom. The Morgan fingerprint density at radius 3 is 2.53 bits per heavy atom. The van der Waals surface area contributed by atoms with E-state index in [0.29, 0.717) is 12.4 Å². The fourth-order valence-corrected chi connectivity index (χ4v) is 2.09. The van der Waals surface area contributed by atoms with E-state index < -0.39 is 0 Å². The number of phenolic OH excluding ortho intramolecular Hbond substituents is 1. The SMILES string of the molecule is Cc1cc(OCCSCCO)c(C)c(C)c1O. The summed E-state index contributed by atoms with van der Waals surface area (Å²) in [6.07, 6.45) is 0. The van der Waals surface area contributed by atoms with E-state index in [1.807, 2.05) is 26.8 Å². The Balaban J connectivity index is 2.60. The molecule has 0 aliphatic rings. The van der Waals surface area contributed by atoms with Gasteiger partial charge in [-0.3, -0.25) is 0 Å². The fourth-order valence-electron chi connectivity index (χ4n) is 1.56. The molecule has 1 aromatic rings. The number of aliphatic hydroxyl groups is 1. The van der Waals surface area contributed by atoms with Crippen LogP contribution in [0.1, 0.15) is 16.7 Å². The largest absolute Gasteiger partial charge is 0.507 e. The normalized spacial score (nSPS) is 10.6. The first-order valence-corrected chi connectivity index (χ1v) is 6.84. The Hall–Kier alpha value is -0.870. The summed E-state index contributed by atoms with van der Waals surface area (Å²) in [5, 5.41) is 18.4. The number of aliphatic hydroxyl groups excluding tert-OH is 1. The van der Waals surface area contributed by atoms with Crippen molar-refractivity contribution in [2.45, 2.75) is 20.8 Å². The molecule has 0 aromatic heterocycles. The third-order valence-electron chi connectivity index (χ3n) is 2.73. The van der Waals surface area contributed by atoms with E-state index in [0.717, 1.165) is 33.9 Å². The lowest BCUT2D eigenvalue weighted by molar-refractivity contribution is 0.321. The summed E-state index contributed by atoms with van der Waals surface area (Å²) >= 11 is 1.67. The molecule has 0 saturated carbocycles. The van der Waals surface area contributed by atoms with Crippen LogP contribution < -0.4 is 4.74 Å². The first-order valence-electron chi connectivity index (χ1n) is 5.69. The molecular weight excluding hydrogens is 236 g/mol. The fraction of sp³-hybridized carbons (Fsp3) is 0.538. The van der Waals surface area contributed by atoms with Gasteiger partial charge in [-0.25, -0.2) is 0 Å². The Bertz CT molecular complexity index is 377. The minimum absolute atomic E-state index is 0.209. The van der Waals surface area contributed by atoms with Gasteiger partial charge in [0, 0.05) is 11.5 Å². The quantitative estimate of drug-likeness (QED) is 0.767. The maximum absolute atomic E-state index is 9.77. The predicted molar refractivity (Wildman–Crippen MR) is 72.2 cm³/mol. The summed E-state index contributed by atoms with van der Waals surface area (Å²) in [4.78, 5) is 0. The summed E-state index contributed by atoms with van der Waals surface area (Å²) in [5.74, 6) is 2.79. The second-order valence-electron chi connectivity index (χ2n) is 3.97. The monoisotopic (exact) mass is 256 g/mol. The number of thioether (sulfide) groups is 1. The lowest BCUT2D eigenvalue weighted by Gasteiger charge is -2.14. The maximum Gasteiger partial charge on any atom is 0.123 e. The molecule has 0 unspecified atom stereocenters. The maximum atomic E-state index is 9.77. The van der Waals surface area contributed by atoms with Crippen molar-refractivity contribution in [1.29, 1.82) is 0 Å². The molecule has 0 bridgehead atoms. The standard InChI is InChI=1S/C13H20O3S/c1-9-8-12(10(2)11(3)13(9)15)16-5-7-17-6-4-14/h8,14-15H,4-7H2,1-3H3. The highest BCUT2D eigenvalue weighted by atomic mass is 32.2. The third kappa shape index (κ3) is 3.82. The van der Waals surface area contributed by atoms with Gasteiger partial charge in [-0.2, -0.15) is 11.8 Å². The van der Waals surface area contributed by atoms with Crippen LogP contribution in [0.25, 0.3) is 0 Å². The lowest BCUT2D eigenvalue weighted by Crippen LogP contribution is -2.04. The number of aromatic hydroxyl groups is 1. The van der Waals surface area contributed by atoms with E-state index in [1.165, 1.54) is 0 Å². The van der Waals surface area contributed by atoms with Gasteiger partial charge in [-0.1, -0.05) is 0 Å². The van der Waals surface area contributed by atoms with Gasteiger partial charge in [-0.05, 0) is 43.5 Å². The van der Waals surface area contributed by atoms with E-state index in [4.69, 9.17) is 9.84 Å². The van der Waals surface area contributed by atoms with E-state index in [-0.39, 0.29) is 6.61 Å². The van der Waals surface area contributed by atoms with Gasteiger partial charge in [0.2, 0.25) is 0 Å². The van der Waals surface area contributed by atoms with E-state index >= 15 is 0 Å². The summed E-state index contributed by atoms with van der Waals surface area (Å²) in [5.41, 5.74) is 2.70. The van der Waals surface area contributed by atoms with Crippen LogP contribution in [0, 0.1) is 20.8 Å². The molecule has 0 aliphatic carbocycles. The number of rotatable bonds is 6. The molecule has 3 nitrogen and oxygen atoms in total. The van der Waals surface area contributed by atoms with Crippen LogP contribution in [0.3, 0.4) is 0 Å². The molecule has 96 valence electrons. The van der Waals surface area contributed by atoms with Crippen molar-refractivity contribution < 1.29 is 14.9 Å². The molecule has 0 heterocycles. The van der Waals surface area contributed by atoms with E-state index in [1.54, 1.807) is 11.8 Å². The first-order chi connectivity index (χ1) is 8.07. The second-order valence-corrected chi connectivity index (χ2v) is 5.20. The summed E-state index contributed by atoms with van der Waals surface area (Å²) in [6, 6.07) is 1.87. The zero-order chi connectivity index (χ0) is 12.8. The smallest absolute Gasteiger partial charge is 0.123 e. The molecule has 1 aromatic carbocycles. The first kappa shape index (κ1) is 14.2. The molecule has 0 atom stereocenters. The Morgan fingerprint density at radius 2 is 1.88 bits per heavy atom. The highest BCUT2D eigenvalue weighted by molar-refractivity contribution is 7.99. The molecule has 0 radical (unpaired) electrons. The van der Waals surface area contributed by atoms with Crippen LogP contribution in [-0.2, 0) is 0 Å². The Kier molecular flexibility index (Phi) is 5.65. The van der Waals surface area contributed by atoms with Gasteiger partial charge in [0.05, 0.1) is 13.2 Å². The highest BCUT2D eigenvalue weighted by Crippen LogP contribution is 2.31. The minimum Gasteiger partial charge on any atom is -0.507 e. The van der Waals surface area contributed by atoms with Gasteiger partial charge >= 0.3 is 0 Å². The van der Waals surface area contributed by atoms with Gasteiger partial charge in [-0.15, -0.1) is 0 Å². The predicted octanol–water partition coefficient (Wildman–Crippen LogP) is 2.42. The van der Waals surface area contributed by atoms with Gasteiger partial charge in [0.1, 0.15) is 11.5 Å². The van der Waals surface area contributed by atoms with Crippen LogP contribution in [0.5, 0.6) is 11.5 Å². The van der Waals surface area contributed by atoms with Crippen LogP contribution in [0.2, 0.25) is 0 Å². The lowest BCUT2D eigenvalue weighted by atomic mass is 10.0. The molecule has 1 rings (SSSR count). The van der Waals surface area contributed by atoms with Gasteiger partial charge in [0.15, 0.2) is 0 Å². The highest BCUT2D eigenvalue weighted by Gasteiger charge is 2.09. The van der Waals surface area contributed by atoms with Crippen molar-refractivity contribution in [3.05, 3.63) is 22.8 Å². The number of phenols is 1. The molecule has 0 amide bonds. The van der Waals surface area contributed by atoms with Crippen LogP contribution in [0.15, 0.2) is 6.07 Å². The average Bonchev–Trinajstić information content (AvgIpc) is 2.32. The summed E-state index contributed by atoms with van der Waals surface area (Å²) < 4.78 is 5.69. The van der Waals surface area contributed by atoms with E-state index in [9.17, 15) is 5.11 Å². The van der Waals surface area contributed by atoms with Crippen molar-refractivity contribution in [3.8, 4) is 11.5 Å². The van der Waals surface area contributed by atoms with Gasteiger partial charge < -0.3 is 14.9 Å². The molecule has 17 heavy (non-hydrogen) atoms. The molecule has 0 aliphatic heterocycles. The Labute approximate surface area is 107 Å². The van der Waals surface area contributed by atoms with Crippen LogP contribution >= 0.6 is 11.8 Å². The second kappa shape index (κ2) is 6.77. The minimum atomic E-state index is 0.209. The number of hydrogen-bond donors (Lipinski definition) is 2. The molecule has 2 N–H and O–H groups in total. The van der Waals surface area contributed by atoms with Crippen molar-refractivity contribution in [2.24, 2.45) is 0 Å². The van der Waals surface area contributed by atoms with Crippen LogP contribution in [-0.4, -0.2) is 34.9 Å². The summed E-state index contributed by atoms with van der Waals surface area (Å²) in [7, 11) is 0. The van der Waals surface area contributed by atoms with Crippen molar-refractivity contribution in [2.75, 3.05) is 24.7 Å². The number of ether oxygens (including phenoxy) is 1. The van der Waals surface area contributed by atoms with Crippen molar-refractivity contribution >= 4 is 11.8 Å². The molecular formula is C13H20O3S. The average molecular weight is 256 g/mol. The molecule has 4 heteroatoms. The zero-order valence-electron chi connectivity index (χ0n) is 10.6. The molecule has 0 saturated heterocycles. The number of benzene rings is 1. The third-order valence-corrected chi connectivity index (χ3v) is 3.66. The topological polar surface area (TPSA) is 49.7 Å². The van der Waals surface area contributed by atoms with E-state index in [2.05, 4.69) is 0 Å². The molecule has 0 fully saturated rings. The molecule has 0 spiro atoms. The van der Waals surface area contributed by atoms with Crippen LogP contribution in [0.4, 0.5) is 0 Å².